The van der Waals surface area contributed by atoms with Gasteiger partial charge in [0.15, 0.2) is 8.32 Å². The van der Waals surface area contributed by atoms with Crippen LogP contribution in [0.2, 0.25) is 19.1 Å². The van der Waals surface area contributed by atoms with Gasteiger partial charge in [0.05, 0.1) is 5.60 Å². The van der Waals surface area contributed by atoms with Crippen molar-refractivity contribution < 1.29 is 14.0 Å². The van der Waals surface area contributed by atoms with Gasteiger partial charge in [0.1, 0.15) is 5.66 Å². The Morgan fingerprint density at radius 2 is 1.61 bits per heavy atom. The Morgan fingerprint density at radius 1 is 1.17 bits per heavy atom. The first-order valence-electron chi connectivity index (χ1n) is 5.85. The summed E-state index contributed by atoms with van der Waals surface area (Å²) in [6, 6.07) is -0.652. The summed E-state index contributed by atoms with van der Waals surface area (Å²) in [6.07, 6.45) is 0.547. The average Bonchev–Trinajstić information content (AvgIpc) is 2.08. The molecule has 1 saturated heterocycles. The van der Waals surface area contributed by atoms with Gasteiger partial charge in [0.25, 0.3) is 0 Å². The van der Waals surface area contributed by atoms with E-state index in [1.807, 2.05) is 13.8 Å². The molecule has 0 radical (unpaired) electrons. The Labute approximate surface area is 108 Å². The summed E-state index contributed by atoms with van der Waals surface area (Å²) in [5, 5.41) is 5.16. The smallest absolute Gasteiger partial charge is 0.314 e. The molecule has 0 aromatic rings. The molecule has 18 heavy (non-hydrogen) atoms. The van der Waals surface area contributed by atoms with Gasteiger partial charge >= 0.3 is 12.1 Å². The highest BCUT2D eigenvalue weighted by atomic mass is 28.4. The summed E-state index contributed by atoms with van der Waals surface area (Å²) in [7, 11) is -1.80. The maximum absolute atomic E-state index is 11.2. The predicted octanol–water partition coefficient (Wildman–Crippen LogP) is 0.423. The number of carbonyl (C=O) groups excluding carboxylic acids is 2. The molecule has 0 aliphatic carbocycles. The highest BCUT2D eigenvalue weighted by Gasteiger charge is 2.54. The zero-order valence-corrected chi connectivity index (χ0v) is 12.3. The summed E-state index contributed by atoms with van der Waals surface area (Å²) in [4.78, 5) is 22.4. The van der Waals surface area contributed by atoms with Crippen molar-refractivity contribution in [2.45, 2.75) is 50.7 Å². The van der Waals surface area contributed by atoms with E-state index in [0.29, 0.717) is 6.42 Å². The SMILES string of the molecule is CC1(C)O[Si](C)(C)CCC1(NC(N)=O)NC(N)=O. The Bertz CT molecular complexity index is 354. The largest absolute Gasteiger partial charge is 0.408 e. The van der Waals surface area contributed by atoms with Gasteiger partial charge in [-0.3, -0.25) is 0 Å². The molecule has 4 amide bonds. The molecule has 1 heterocycles. The fourth-order valence-electron chi connectivity index (χ4n) is 2.50. The van der Waals surface area contributed by atoms with Crippen LogP contribution in [-0.4, -0.2) is 31.6 Å². The normalized spacial score (nSPS) is 24.0. The van der Waals surface area contributed by atoms with E-state index in [1.54, 1.807) is 0 Å². The molecule has 0 spiro atoms. The second-order valence-electron chi connectivity index (χ2n) is 5.76. The van der Waals surface area contributed by atoms with E-state index in [9.17, 15) is 9.59 Å². The van der Waals surface area contributed by atoms with Crippen molar-refractivity contribution in [3.8, 4) is 0 Å². The van der Waals surface area contributed by atoms with Crippen molar-refractivity contribution in [1.82, 2.24) is 10.6 Å². The van der Waals surface area contributed by atoms with Gasteiger partial charge in [-0.2, -0.15) is 0 Å². The van der Waals surface area contributed by atoms with E-state index in [-0.39, 0.29) is 0 Å². The lowest BCUT2D eigenvalue weighted by molar-refractivity contribution is -0.0317. The number of nitrogens with one attached hydrogen (secondary N) is 2. The lowest BCUT2D eigenvalue weighted by Crippen LogP contribution is -2.76. The number of nitrogens with two attached hydrogens (primary N) is 2. The maximum atomic E-state index is 11.2. The van der Waals surface area contributed by atoms with E-state index >= 15 is 0 Å². The van der Waals surface area contributed by atoms with Gasteiger partial charge in [0, 0.05) is 0 Å². The number of rotatable bonds is 2. The summed E-state index contributed by atoms with van der Waals surface area (Å²) in [6.45, 7) is 7.81. The Balaban J connectivity index is 3.09. The van der Waals surface area contributed by atoms with Crippen molar-refractivity contribution in [3.63, 3.8) is 0 Å². The van der Waals surface area contributed by atoms with Gasteiger partial charge in [-0.1, -0.05) is 0 Å². The van der Waals surface area contributed by atoms with Crippen molar-refractivity contribution >= 4 is 20.4 Å². The second kappa shape index (κ2) is 4.43. The molecule has 0 aromatic carbocycles. The minimum Gasteiger partial charge on any atom is -0.408 e. The van der Waals surface area contributed by atoms with Gasteiger partial charge in [-0.25, -0.2) is 9.59 Å². The minimum atomic E-state index is -1.80. The Hall–Kier alpha value is -1.28. The number of urea groups is 2. The van der Waals surface area contributed by atoms with Crippen LogP contribution in [0.1, 0.15) is 20.3 Å². The zero-order chi connectivity index (χ0) is 14.2. The first kappa shape index (κ1) is 14.8. The molecular weight excluding hydrogens is 252 g/mol. The molecule has 1 fully saturated rings. The van der Waals surface area contributed by atoms with Crippen LogP contribution in [0.15, 0.2) is 0 Å². The molecular formula is C10H22N4O3Si. The molecule has 1 aliphatic rings. The highest BCUT2D eigenvalue weighted by molar-refractivity contribution is 6.71. The number of carbonyl (C=O) groups is 2. The predicted molar refractivity (Wildman–Crippen MR) is 70.2 cm³/mol. The summed E-state index contributed by atoms with van der Waals surface area (Å²) in [5.74, 6) is 0. The molecule has 0 unspecified atom stereocenters. The second-order valence-corrected chi connectivity index (χ2v) is 9.98. The molecule has 8 heteroatoms. The van der Waals surface area contributed by atoms with Crippen molar-refractivity contribution in [1.29, 1.82) is 0 Å². The molecule has 0 saturated carbocycles. The van der Waals surface area contributed by atoms with Crippen LogP contribution in [0.5, 0.6) is 0 Å². The van der Waals surface area contributed by atoms with E-state index in [1.165, 1.54) is 0 Å². The van der Waals surface area contributed by atoms with Crippen LogP contribution in [0.4, 0.5) is 9.59 Å². The molecule has 7 nitrogen and oxygen atoms in total. The molecule has 104 valence electrons. The number of amides is 4. The third-order valence-corrected chi connectivity index (χ3v) is 5.85. The van der Waals surface area contributed by atoms with E-state index < -0.39 is 31.6 Å². The number of hydrogen-bond acceptors (Lipinski definition) is 3. The summed E-state index contributed by atoms with van der Waals surface area (Å²) in [5.41, 5.74) is 8.54. The van der Waals surface area contributed by atoms with Crippen molar-refractivity contribution in [3.05, 3.63) is 0 Å². The third kappa shape index (κ3) is 2.93. The standard InChI is InChI=1S/C10H22N4O3Si/c1-9(2)10(13-7(11)15,14-8(12)16)5-6-18(3,4)17-9/h5-6H2,1-4H3,(H3,11,13,15)(H3,12,14,16). The molecule has 6 N–H and O–H groups in total. The first-order chi connectivity index (χ1) is 8.00. The van der Waals surface area contributed by atoms with Crippen LogP contribution < -0.4 is 22.1 Å². The van der Waals surface area contributed by atoms with E-state index in [2.05, 4.69) is 23.7 Å². The average molecular weight is 274 g/mol. The van der Waals surface area contributed by atoms with Gasteiger partial charge in [-0.15, -0.1) is 0 Å². The van der Waals surface area contributed by atoms with Crippen LogP contribution >= 0.6 is 0 Å². The molecule has 1 rings (SSSR count). The molecule has 0 aromatic heterocycles. The van der Waals surface area contributed by atoms with Crippen LogP contribution in [0.3, 0.4) is 0 Å². The van der Waals surface area contributed by atoms with E-state index in [0.717, 1.165) is 6.04 Å². The van der Waals surface area contributed by atoms with E-state index in [4.69, 9.17) is 15.9 Å². The highest BCUT2D eigenvalue weighted by Crippen LogP contribution is 2.39. The van der Waals surface area contributed by atoms with Crippen LogP contribution in [-0.2, 0) is 4.43 Å². The molecule has 0 bridgehead atoms. The van der Waals surface area contributed by atoms with Crippen LogP contribution in [0, 0.1) is 0 Å². The van der Waals surface area contributed by atoms with Crippen molar-refractivity contribution in [2.75, 3.05) is 0 Å². The lowest BCUT2D eigenvalue weighted by atomic mass is 9.88. The Kier molecular flexibility index (Phi) is 3.64. The summed E-state index contributed by atoms with van der Waals surface area (Å²) < 4.78 is 6.08. The minimum absolute atomic E-state index is 0.547. The molecule has 0 atom stereocenters. The lowest BCUT2D eigenvalue weighted by Gasteiger charge is -2.54. The van der Waals surface area contributed by atoms with Gasteiger partial charge < -0.3 is 26.5 Å². The fraction of sp³-hybridized carbons (Fsp3) is 0.800. The third-order valence-electron chi connectivity index (χ3n) is 3.33. The first-order valence-corrected chi connectivity index (χ1v) is 8.97. The quantitative estimate of drug-likeness (QED) is 0.431. The monoisotopic (exact) mass is 274 g/mol. The maximum Gasteiger partial charge on any atom is 0.314 e. The van der Waals surface area contributed by atoms with Gasteiger partial charge in [-0.05, 0) is 39.4 Å². The Morgan fingerprint density at radius 3 is 1.94 bits per heavy atom. The molecule has 1 aliphatic heterocycles. The summed E-state index contributed by atoms with van der Waals surface area (Å²) >= 11 is 0. The number of primary amides is 2. The fourth-order valence-corrected chi connectivity index (χ4v) is 5.13. The zero-order valence-electron chi connectivity index (χ0n) is 11.3. The van der Waals surface area contributed by atoms with Gasteiger partial charge in [0.2, 0.25) is 0 Å². The topological polar surface area (TPSA) is 119 Å². The number of hydrogen-bond donors (Lipinski definition) is 4. The van der Waals surface area contributed by atoms with Crippen molar-refractivity contribution in [2.24, 2.45) is 11.5 Å². The van der Waals surface area contributed by atoms with Crippen LogP contribution in [0.25, 0.3) is 0 Å².